The van der Waals surface area contributed by atoms with Gasteiger partial charge in [-0.15, -0.1) is 0 Å². The van der Waals surface area contributed by atoms with Gasteiger partial charge < -0.3 is 5.32 Å². The minimum Gasteiger partial charge on any atom is -0.308 e. The van der Waals surface area contributed by atoms with Crippen molar-refractivity contribution in [3.63, 3.8) is 0 Å². The van der Waals surface area contributed by atoms with Crippen molar-refractivity contribution in [1.29, 1.82) is 0 Å². The molecule has 0 aliphatic heterocycles. The Labute approximate surface area is 127 Å². The highest BCUT2D eigenvalue weighted by Crippen LogP contribution is 2.08. The van der Waals surface area contributed by atoms with Crippen molar-refractivity contribution < 1.29 is 0 Å². The van der Waals surface area contributed by atoms with Crippen LogP contribution in [0.15, 0.2) is 30.5 Å². The molecule has 114 valence electrons. The molecule has 1 heterocycles. The first-order valence-corrected chi connectivity index (χ1v) is 7.72. The van der Waals surface area contributed by atoms with Gasteiger partial charge in [-0.25, -0.2) is 0 Å². The smallest absolute Gasteiger partial charge is 0.0535 e. The van der Waals surface area contributed by atoms with Gasteiger partial charge in [0, 0.05) is 30.9 Å². The molecule has 4 nitrogen and oxygen atoms in total. The third-order valence-corrected chi connectivity index (χ3v) is 3.90. The van der Waals surface area contributed by atoms with Crippen LogP contribution in [0, 0.1) is 6.92 Å². The van der Waals surface area contributed by atoms with E-state index in [0.29, 0.717) is 0 Å². The topological polar surface area (TPSA) is 44.0 Å². The van der Waals surface area contributed by atoms with Gasteiger partial charge >= 0.3 is 0 Å². The maximum absolute atomic E-state index is 4.03. The van der Waals surface area contributed by atoms with Crippen molar-refractivity contribution in [2.24, 2.45) is 0 Å². The maximum Gasteiger partial charge on any atom is 0.0535 e. The number of aryl methyl sites for hydroxylation is 1. The van der Waals surface area contributed by atoms with Gasteiger partial charge in [-0.1, -0.05) is 38.1 Å². The summed E-state index contributed by atoms with van der Waals surface area (Å²) in [5.74, 6) is 0. The number of hydrogen-bond acceptors (Lipinski definition) is 3. The van der Waals surface area contributed by atoms with Crippen LogP contribution in [0.25, 0.3) is 0 Å². The molecule has 0 saturated heterocycles. The molecule has 2 aromatic rings. The maximum atomic E-state index is 4.03. The van der Waals surface area contributed by atoms with Crippen LogP contribution < -0.4 is 5.32 Å². The predicted octanol–water partition coefficient (Wildman–Crippen LogP) is 2.85. The van der Waals surface area contributed by atoms with Gasteiger partial charge in [0.2, 0.25) is 0 Å². The van der Waals surface area contributed by atoms with Crippen molar-refractivity contribution in [3.8, 4) is 0 Å². The van der Waals surface area contributed by atoms with Crippen LogP contribution in [-0.2, 0) is 19.6 Å². The Balaban J connectivity index is 1.81. The molecule has 1 aromatic carbocycles. The molecule has 0 unspecified atom stereocenters. The number of rotatable bonds is 8. The quantitative estimate of drug-likeness (QED) is 0.784. The molecule has 1 aromatic heterocycles. The standard InChI is InChI=1S/C17H26N4/c1-4-21(5-2)13-16-8-6-15(7-9-16)10-18-11-17-12-19-20-14(17)3/h6-9,12,18H,4-5,10-11,13H2,1-3H3,(H,19,20). The van der Waals surface area contributed by atoms with Crippen LogP contribution in [0.3, 0.4) is 0 Å². The summed E-state index contributed by atoms with van der Waals surface area (Å²) >= 11 is 0. The van der Waals surface area contributed by atoms with Crippen LogP contribution in [0.2, 0.25) is 0 Å². The van der Waals surface area contributed by atoms with Crippen LogP contribution in [-0.4, -0.2) is 28.2 Å². The minimum absolute atomic E-state index is 0.851. The summed E-state index contributed by atoms with van der Waals surface area (Å²) in [4.78, 5) is 2.43. The zero-order valence-electron chi connectivity index (χ0n) is 13.3. The average Bonchev–Trinajstić information content (AvgIpc) is 2.92. The van der Waals surface area contributed by atoms with Crippen LogP contribution in [0.5, 0.6) is 0 Å². The SMILES string of the molecule is CCN(CC)Cc1ccc(CNCc2cn[nH]c2C)cc1. The summed E-state index contributed by atoms with van der Waals surface area (Å²) in [5, 5.41) is 10.4. The fraction of sp³-hybridized carbons (Fsp3) is 0.471. The number of benzene rings is 1. The van der Waals surface area contributed by atoms with E-state index in [1.165, 1.54) is 16.7 Å². The third-order valence-electron chi connectivity index (χ3n) is 3.90. The van der Waals surface area contributed by atoms with Gasteiger partial charge in [-0.05, 0) is 31.1 Å². The van der Waals surface area contributed by atoms with E-state index >= 15 is 0 Å². The molecule has 2 N–H and O–H groups in total. The van der Waals surface area contributed by atoms with Crippen molar-refractivity contribution in [2.75, 3.05) is 13.1 Å². The Bertz CT molecular complexity index is 526. The van der Waals surface area contributed by atoms with Crippen LogP contribution in [0.4, 0.5) is 0 Å². The molecule has 0 fully saturated rings. The second-order valence-electron chi connectivity index (χ2n) is 5.40. The second-order valence-corrected chi connectivity index (χ2v) is 5.40. The molecule has 0 bridgehead atoms. The molecular weight excluding hydrogens is 260 g/mol. The molecule has 0 saturated carbocycles. The molecule has 0 atom stereocenters. The highest BCUT2D eigenvalue weighted by atomic mass is 15.1. The van der Waals surface area contributed by atoms with E-state index in [9.17, 15) is 0 Å². The number of hydrogen-bond donors (Lipinski definition) is 2. The van der Waals surface area contributed by atoms with E-state index in [0.717, 1.165) is 38.4 Å². The molecular formula is C17H26N4. The zero-order valence-corrected chi connectivity index (χ0v) is 13.3. The molecule has 0 spiro atoms. The minimum atomic E-state index is 0.851. The number of nitrogens with one attached hydrogen (secondary N) is 2. The Morgan fingerprint density at radius 2 is 1.71 bits per heavy atom. The summed E-state index contributed by atoms with van der Waals surface area (Å²) in [6, 6.07) is 8.90. The first-order valence-electron chi connectivity index (χ1n) is 7.72. The van der Waals surface area contributed by atoms with E-state index in [-0.39, 0.29) is 0 Å². The Hall–Kier alpha value is -1.65. The van der Waals surface area contributed by atoms with Crippen molar-refractivity contribution >= 4 is 0 Å². The predicted molar refractivity (Wildman–Crippen MR) is 86.9 cm³/mol. The molecule has 2 rings (SSSR count). The normalized spacial score (nSPS) is 11.2. The number of aromatic nitrogens is 2. The first-order chi connectivity index (χ1) is 10.2. The number of nitrogens with zero attached hydrogens (tertiary/aromatic N) is 2. The first kappa shape index (κ1) is 15.7. The zero-order chi connectivity index (χ0) is 15.1. The molecule has 4 heteroatoms. The Morgan fingerprint density at radius 1 is 1.05 bits per heavy atom. The monoisotopic (exact) mass is 286 g/mol. The summed E-state index contributed by atoms with van der Waals surface area (Å²) < 4.78 is 0. The highest BCUT2D eigenvalue weighted by molar-refractivity contribution is 5.22. The van der Waals surface area contributed by atoms with E-state index in [4.69, 9.17) is 0 Å². The lowest BCUT2D eigenvalue weighted by atomic mass is 10.1. The van der Waals surface area contributed by atoms with Crippen molar-refractivity contribution in [2.45, 2.75) is 40.4 Å². The van der Waals surface area contributed by atoms with Gasteiger partial charge in [0.05, 0.1) is 6.20 Å². The molecule has 0 aliphatic carbocycles. The van der Waals surface area contributed by atoms with E-state index in [1.54, 1.807) is 0 Å². The van der Waals surface area contributed by atoms with Gasteiger partial charge in [0.1, 0.15) is 0 Å². The van der Waals surface area contributed by atoms with Crippen LogP contribution in [0.1, 0.15) is 36.2 Å². The fourth-order valence-corrected chi connectivity index (χ4v) is 2.36. The van der Waals surface area contributed by atoms with Crippen molar-refractivity contribution in [1.82, 2.24) is 20.4 Å². The van der Waals surface area contributed by atoms with Gasteiger partial charge in [-0.3, -0.25) is 10.00 Å². The lowest BCUT2D eigenvalue weighted by Gasteiger charge is -2.18. The molecule has 0 aliphatic rings. The summed E-state index contributed by atoms with van der Waals surface area (Å²) in [5.41, 5.74) is 5.07. The lowest BCUT2D eigenvalue weighted by molar-refractivity contribution is 0.296. The van der Waals surface area contributed by atoms with E-state index in [1.807, 2.05) is 13.1 Å². The second kappa shape index (κ2) is 7.96. The van der Waals surface area contributed by atoms with Gasteiger partial charge in [0.15, 0.2) is 0 Å². The van der Waals surface area contributed by atoms with Crippen molar-refractivity contribution in [3.05, 3.63) is 52.8 Å². The lowest BCUT2D eigenvalue weighted by Crippen LogP contribution is -2.22. The number of aromatic amines is 1. The van der Waals surface area contributed by atoms with Gasteiger partial charge in [-0.2, -0.15) is 5.10 Å². The Kier molecular flexibility index (Phi) is 5.96. The largest absolute Gasteiger partial charge is 0.308 e. The molecule has 0 amide bonds. The third kappa shape index (κ3) is 4.69. The fourth-order valence-electron chi connectivity index (χ4n) is 2.36. The number of H-pyrrole nitrogens is 1. The Morgan fingerprint density at radius 3 is 2.29 bits per heavy atom. The van der Waals surface area contributed by atoms with E-state index < -0.39 is 0 Å². The molecule has 0 radical (unpaired) electrons. The highest BCUT2D eigenvalue weighted by Gasteiger charge is 2.02. The van der Waals surface area contributed by atoms with E-state index in [2.05, 4.69) is 58.5 Å². The average molecular weight is 286 g/mol. The summed E-state index contributed by atoms with van der Waals surface area (Å²) in [6.45, 7) is 11.4. The van der Waals surface area contributed by atoms with Crippen LogP contribution >= 0.6 is 0 Å². The van der Waals surface area contributed by atoms with Gasteiger partial charge in [0.25, 0.3) is 0 Å². The summed E-state index contributed by atoms with van der Waals surface area (Å²) in [7, 11) is 0. The molecule has 21 heavy (non-hydrogen) atoms. The summed E-state index contributed by atoms with van der Waals surface area (Å²) in [6.07, 6.45) is 1.88.